The van der Waals surface area contributed by atoms with Crippen LogP contribution in [0.3, 0.4) is 0 Å². The van der Waals surface area contributed by atoms with Gasteiger partial charge in [-0.25, -0.2) is 8.42 Å². The van der Waals surface area contributed by atoms with Gasteiger partial charge in [-0.3, -0.25) is 9.78 Å². The summed E-state index contributed by atoms with van der Waals surface area (Å²) in [6.45, 7) is 2.61. The minimum atomic E-state index is -3.71. The summed E-state index contributed by atoms with van der Waals surface area (Å²) in [5.41, 5.74) is 0.457. The minimum absolute atomic E-state index is 0.157. The van der Waals surface area contributed by atoms with E-state index < -0.39 is 15.9 Å². The molecular weight excluding hydrogens is 328 g/mol. The topological polar surface area (TPSA) is 76.6 Å². The molecule has 1 aromatic heterocycles. The lowest BCUT2D eigenvalue weighted by Gasteiger charge is -2.30. The van der Waals surface area contributed by atoms with E-state index in [-0.39, 0.29) is 17.4 Å². The molecule has 0 amide bonds. The normalized spacial score (nSPS) is 19.3. The number of aromatic nitrogens is 1. The molecular formula is C17H20N2O4S. The van der Waals surface area contributed by atoms with E-state index in [1.165, 1.54) is 4.31 Å². The van der Waals surface area contributed by atoms with Crippen molar-refractivity contribution in [1.29, 1.82) is 0 Å². The maximum atomic E-state index is 13.1. The Bertz CT molecular complexity index is 845. The smallest absolute Gasteiger partial charge is 0.310 e. The van der Waals surface area contributed by atoms with E-state index in [1.54, 1.807) is 31.3 Å². The summed E-state index contributed by atoms with van der Waals surface area (Å²) in [6.07, 6.45) is 2.87. The maximum absolute atomic E-state index is 13.1. The first-order chi connectivity index (χ1) is 11.5. The third-order valence-electron chi connectivity index (χ3n) is 4.22. The summed E-state index contributed by atoms with van der Waals surface area (Å²) in [4.78, 5) is 16.4. The fourth-order valence-corrected chi connectivity index (χ4v) is 4.73. The van der Waals surface area contributed by atoms with Gasteiger partial charge in [0.1, 0.15) is 4.90 Å². The molecule has 0 bridgehead atoms. The number of carbonyl (C=O) groups is 1. The lowest BCUT2D eigenvalue weighted by Crippen LogP contribution is -2.42. The molecule has 1 aromatic carbocycles. The molecule has 1 atom stereocenters. The van der Waals surface area contributed by atoms with Crippen LogP contribution in [-0.2, 0) is 19.6 Å². The van der Waals surface area contributed by atoms with Crippen molar-refractivity contribution >= 4 is 26.9 Å². The van der Waals surface area contributed by atoms with E-state index in [2.05, 4.69) is 4.98 Å². The largest absolute Gasteiger partial charge is 0.466 e. The highest BCUT2D eigenvalue weighted by Gasteiger charge is 2.34. The first-order valence-electron chi connectivity index (χ1n) is 8.04. The molecule has 0 saturated carbocycles. The first kappa shape index (κ1) is 16.9. The van der Waals surface area contributed by atoms with Crippen LogP contribution in [0.4, 0.5) is 0 Å². The third kappa shape index (κ3) is 3.14. The lowest BCUT2D eigenvalue weighted by molar-refractivity contribution is -0.149. The van der Waals surface area contributed by atoms with Crippen molar-refractivity contribution in [2.75, 3.05) is 19.7 Å². The molecule has 1 aliphatic rings. The number of pyridine rings is 1. The summed E-state index contributed by atoms with van der Waals surface area (Å²) >= 11 is 0. The second kappa shape index (κ2) is 6.86. The van der Waals surface area contributed by atoms with Crippen LogP contribution < -0.4 is 0 Å². The SMILES string of the molecule is CCOC(=O)[C@H]1CCCN(S(=O)(=O)c2cccc3cccnc23)C1. The molecule has 0 aliphatic carbocycles. The Labute approximate surface area is 141 Å². The molecule has 0 unspecified atom stereocenters. The number of hydrogen-bond acceptors (Lipinski definition) is 5. The zero-order valence-corrected chi connectivity index (χ0v) is 14.3. The lowest BCUT2D eigenvalue weighted by atomic mass is 10.0. The Kier molecular flexibility index (Phi) is 4.82. The van der Waals surface area contributed by atoms with Crippen LogP contribution in [0.15, 0.2) is 41.4 Å². The molecule has 7 heteroatoms. The van der Waals surface area contributed by atoms with Crippen LogP contribution in [0.25, 0.3) is 10.9 Å². The third-order valence-corrected chi connectivity index (χ3v) is 6.11. The Morgan fingerprint density at radius 1 is 1.33 bits per heavy atom. The van der Waals surface area contributed by atoms with Gasteiger partial charge in [0.25, 0.3) is 0 Å². The van der Waals surface area contributed by atoms with Crippen molar-refractivity contribution in [3.63, 3.8) is 0 Å². The summed E-state index contributed by atoms with van der Waals surface area (Å²) in [7, 11) is -3.71. The van der Waals surface area contributed by atoms with Crippen molar-refractivity contribution in [2.24, 2.45) is 5.92 Å². The average Bonchev–Trinajstić information content (AvgIpc) is 2.61. The molecule has 0 radical (unpaired) electrons. The van der Waals surface area contributed by atoms with Gasteiger partial charge in [-0.1, -0.05) is 18.2 Å². The fraction of sp³-hybridized carbons (Fsp3) is 0.412. The second-order valence-corrected chi connectivity index (χ2v) is 7.69. The molecule has 1 fully saturated rings. The van der Waals surface area contributed by atoms with Crippen LogP contribution in [0.1, 0.15) is 19.8 Å². The number of sulfonamides is 1. The first-order valence-corrected chi connectivity index (χ1v) is 9.48. The maximum Gasteiger partial charge on any atom is 0.310 e. The number of carbonyl (C=O) groups excluding carboxylic acids is 1. The van der Waals surface area contributed by atoms with E-state index >= 15 is 0 Å². The molecule has 24 heavy (non-hydrogen) atoms. The summed E-state index contributed by atoms with van der Waals surface area (Å²) in [6, 6.07) is 8.72. The highest BCUT2D eigenvalue weighted by Crippen LogP contribution is 2.28. The van der Waals surface area contributed by atoms with Crippen LogP contribution in [0.2, 0.25) is 0 Å². The van der Waals surface area contributed by atoms with Gasteiger partial charge in [-0.05, 0) is 31.9 Å². The van der Waals surface area contributed by atoms with Gasteiger partial charge in [0.15, 0.2) is 0 Å². The predicted molar refractivity (Wildman–Crippen MR) is 89.9 cm³/mol. The number of rotatable bonds is 4. The van der Waals surface area contributed by atoms with Gasteiger partial charge in [-0.15, -0.1) is 0 Å². The number of fused-ring (bicyclic) bond motifs is 1. The minimum Gasteiger partial charge on any atom is -0.466 e. The van der Waals surface area contributed by atoms with E-state index in [4.69, 9.17) is 4.74 Å². The van der Waals surface area contributed by atoms with Crippen molar-refractivity contribution < 1.29 is 17.9 Å². The molecule has 3 rings (SSSR count). The fourth-order valence-electron chi connectivity index (χ4n) is 3.04. The van der Waals surface area contributed by atoms with Crippen molar-refractivity contribution in [2.45, 2.75) is 24.7 Å². The second-order valence-electron chi connectivity index (χ2n) is 5.79. The number of para-hydroxylation sites is 1. The van der Waals surface area contributed by atoms with Crippen LogP contribution >= 0.6 is 0 Å². The van der Waals surface area contributed by atoms with Crippen LogP contribution in [-0.4, -0.2) is 43.4 Å². The van der Waals surface area contributed by atoms with Crippen LogP contribution in [0.5, 0.6) is 0 Å². The highest BCUT2D eigenvalue weighted by molar-refractivity contribution is 7.89. The summed E-state index contributed by atoms with van der Waals surface area (Å²) in [5.74, 6) is -0.732. The number of hydrogen-bond donors (Lipinski definition) is 0. The monoisotopic (exact) mass is 348 g/mol. The Balaban J connectivity index is 1.93. The van der Waals surface area contributed by atoms with Crippen molar-refractivity contribution in [3.8, 4) is 0 Å². The van der Waals surface area contributed by atoms with E-state index in [0.717, 1.165) is 5.39 Å². The Morgan fingerprint density at radius 3 is 2.92 bits per heavy atom. The molecule has 0 spiro atoms. The van der Waals surface area contributed by atoms with Gasteiger partial charge in [-0.2, -0.15) is 4.31 Å². The van der Waals surface area contributed by atoms with Crippen molar-refractivity contribution in [3.05, 3.63) is 36.5 Å². The quantitative estimate of drug-likeness (QED) is 0.792. The van der Waals surface area contributed by atoms with E-state index in [1.807, 2.05) is 12.1 Å². The standard InChI is InChI=1S/C17H20N2O4S/c1-2-23-17(20)14-8-5-11-19(12-14)24(21,22)15-9-3-6-13-7-4-10-18-16(13)15/h3-4,6-7,9-10,14H,2,5,8,11-12H2,1H3/t14-/m0/s1. The van der Waals surface area contributed by atoms with Gasteiger partial charge in [0, 0.05) is 24.7 Å². The molecule has 0 N–H and O–H groups in total. The molecule has 128 valence electrons. The molecule has 2 aromatic rings. The Hall–Kier alpha value is -1.99. The van der Waals surface area contributed by atoms with E-state index in [0.29, 0.717) is 31.5 Å². The number of piperidine rings is 1. The van der Waals surface area contributed by atoms with Crippen molar-refractivity contribution in [1.82, 2.24) is 9.29 Å². The summed E-state index contributed by atoms with van der Waals surface area (Å²) in [5, 5.41) is 0.775. The Morgan fingerprint density at radius 2 is 2.12 bits per heavy atom. The number of nitrogens with zero attached hydrogens (tertiary/aromatic N) is 2. The highest BCUT2D eigenvalue weighted by atomic mass is 32.2. The molecule has 2 heterocycles. The number of esters is 1. The average molecular weight is 348 g/mol. The van der Waals surface area contributed by atoms with Gasteiger partial charge < -0.3 is 4.74 Å². The zero-order chi connectivity index (χ0) is 17.2. The predicted octanol–water partition coefficient (Wildman–Crippen LogP) is 2.20. The number of benzene rings is 1. The van der Waals surface area contributed by atoms with E-state index in [9.17, 15) is 13.2 Å². The molecule has 6 nitrogen and oxygen atoms in total. The van der Waals surface area contributed by atoms with Gasteiger partial charge >= 0.3 is 5.97 Å². The molecule has 1 aliphatic heterocycles. The molecule has 1 saturated heterocycles. The number of ether oxygens (including phenoxy) is 1. The van der Waals surface area contributed by atoms with Gasteiger partial charge in [0.2, 0.25) is 10.0 Å². The van der Waals surface area contributed by atoms with Gasteiger partial charge in [0.05, 0.1) is 18.0 Å². The summed E-state index contributed by atoms with van der Waals surface area (Å²) < 4.78 is 32.5. The zero-order valence-electron chi connectivity index (χ0n) is 13.5. The van der Waals surface area contributed by atoms with Crippen LogP contribution in [0, 0.1) is 5.92 Å².